The molecule has 0 saturated heterocycles. The van der Waals surface area contributed by atoms with Crippen molar-refractivity contribution in [2.45, 2.75) is 6.32 Å². The van der Waals surface area contributed by atoms with E-state index < -0.39 is 4.92 Å². The molecule has 0 saturated carbocycles. The summed E-state index contributed by atoms with van der Waals surface area (Å²) < 4.78 is 4.80. The maximum atomic E-state index is 10.0. The predicted octanol–water partition coefficient (Wildman–Crippen LogP) is 0.321. The average molecular weight is 139 g/mol. The van der Waals surface area contributed by atoms with Crippen molar-refractivity contribution in [3.05, 3.63) is 28.0 Å². The number of furan rings is 1. The van der Waals surface area contributed by atoms with Gasteiger partial charge in [0.15, 0.2) is 0 Å². The molecule has 0 aliphatic carbocycles. The minimum atomic E-state index is -0.542. The fourth-order valence-corrected chi connectivity index (χ4v) is 0.655. The lowest BCUT2D eigenvalue weighted by Crippen LogP contribution is -1.83. The molecule has 4 nitrogen and oxygen atoms in total. The monoisotopic (exact) mass is 139 g/mol. The first kappa shape index (κ1) is 6.86. The second kappa shape index (κ2) is 2.55. The molecule has 10 heavy (non-hydrogen) atoms. The Hall–Kier alpha value is -1.26. The highest BCUT2D eigenvalue weighted by atomic mass is 16.6. The summed E-state index contributed by atoms with van der Waals surface area (Å²) in [4.78, 5) is 9.50. The normalized spacial score (nSPS) is 9.60. The van der Waals surface area contributed by atoms with Crippen LogP contribution < -0.4 is 0 Å². The Morgan fingerprint density at radius 1 is 1.70 bits per heavy atom. The lowest BCUT2D eigenvalue weighted by atomic mass is 10.0. The van der Waals surface area contributed by atoms with Gasteiger partial charge in [0, 0.05) is 0 Å². The summed E-state index contributed by atoms with van der Waals surface area (Å²) in [5, 5.41) is 10.0. The van der Waals surface area contributed by atoms with Gasteiger partial charge in [0.1, 0.15) is 18.5 Å². The Morgan fingerprint density at radius 2 is 2.40 bits per heavy atom. The molecule has 0 radical (unpaired) electrons. The third-order valence-corrected chi connectivity index (χ3v) is 1.18. The molecule has 0 spiro atoms. The standard InChI is InChI=1S/C5H6BNO3/c6-3-4-1-2-5(10-4)7(8)9/h1-2H,3,6H2. The smallest absolute Gasteiger partial charge is 0.407 e. The second-order valence-electron chi connectivity index (χ2n) is 1.85. The molecule has 0 N–H and O–H groups in total. The molecule has 0 unspecified atom stereocenters. The molecule has 0 fully saturated rings. The van der Waals surface area contributed by atoms with Crippen LogP contribution in [0, 0.1) is 10.1 Å². The van der Waals surface area contributed by atoms with Crippen LogP contribution in [0.2, 0.25) is 0 Å². The summed E-state index contributed by atoms with van der Waals surface area (Å²) in [5.41, 5.74) is 0. The molecule has 1 aromatic rings. The summed E-state index contributed by atoms with van der Waals surface area (Å²) in [5.74, 6) is 0.462. The van der Waals surface area contributed by atoms with Crippen LogP contribution in [-0.2, 0) is 6.32 Å². The molecule has 0 atom stereocenters. The van der Waals surface area contributed by atoms with E-state index in [0.29, 0.717) is 12.1 Å². The molecule has 1 heterocycles. The van der Waals surface area contributed by atoms with Crippen molar-refractivity contribution in [2.75, 3.05) is 0 Å². The largest absolute Gasteiger partial charge is 0.433 e. The van der Waals surface area contributed by atoms with Gasteiger partial charge in [-0.25, -0.2) is 0 Å². The van der Waals surface area contributed by atoms with Crippen molar-refractivity contribution < 1.29 is 9.34 Å². The maximum absolute atomic E-state index is 10.0. The number of rotatable bonds is 2. The van der Waals surface area contributed by atoms with E-state index in [0.717, 1.165) is 0 Å². The average Bonchev–Trinajstić information content (AvgIpc) is 2.34. The fraction of sp³-hybridized carbons (Fsp3) is 0.200. The zero-order valence-corrected chi connectivity index (χ0v) is 5.53. The molecule has 0 aromatic carbocycles. The quantitative estimate of drug-likeness (QED) is 0.336. The van der Waals surface area contributed by atoms with Gasteiger partial charge in [-0.2, -0.15) is 0 Å². The Labute approximate surface area is 58.4 Å². The first-order chi connectivity index (χ1) is 4.74. The molecule has 0 aliphatic heterocycles. The van der Waals surface area contributed by atoms with Gasteiger partial charge in [0.2, 0.25) is 0 Å². The maximum Gasteiger partial charge on any atom is 0.433 e. The second-order valence-corrected chi connectivity index (χ2v) is 1.85. The van der Waals surface area contributed by atoms with E-state index in [2.05, 4.69) is 0 Å². The molecule has 52 valence electrons. The number of hydrogen-bond donors (Lipinski definition) is 0. The first-order valence-electron chi connectivity index (χ1n) is 2.97. The summed E-state index contributed by atoms with van der Waals surface area (Å²) in [6.45, 7) is 0. The van der Waals surface area contributed by atoms with Gasteiger partial charge in [-0.1, -0.05) is 0 Å². The topological polar surface area (TPSA) is 56.3 Å². The zero-order chi connectivity index (χ0) is 7.56. The van der Waals surface area contributed by atoms with Gasteiger partial charge in [0.25, 0.3) is 0 Å². The van der Waals surface area contributed by atoms with E-state index in [-0.39, 0.29) is 5.88 Å². The van der Waals surface area contributed by atoms with Crippen LogP contribution in [0.5, 0.6) is 0 Å². The Bertz CT molecular complexity index is 245. The Balaban J connectivity index is 2.88. The van der Waals surface area contributed by atoms with E-state index in [9.17, 15) is 10.1 Å². The SMILES string of the molecule is BCc1ccc([N+](=O)[O-])o1. The highest BCUT2D eigenvalue weighted by Gasteiger charge is 2.09. The van der Waals surface area contributed by atoms with Gasteiger partial charge >= 0.3 is 5.88 Å². The van der Waals surface area contributed by atoms with E-state index in [1.54, 1.807) is 6.07 Å². The lowest BCUT2D eigenvalue weighted by molar-refractivity contribution is -0.402. The summed E-state index contributed by atoms with van der Waals surface area (Å²) >= 11 is 0. The Morgan fingerprint density at radius 3 is 2.70 bits per heavy atom. The fourth-order valence-electron chi connectivity index (χ4n) is 0.655. The summed E-state index contributed by atoms with van der Waals surface area (Å²) in [7, 11) is 1.88. The van der Waals surface area contributed by atoms with Crippen molar-refractivity contribution >= 4 is 13.7 Å². The lowest BCUT2D eigenvalue weighted by Gasteiger charge is -1.83. The summed E-state index contributed by atoms with van der Waals surface area (Å²) in [6, 6.07) is 2.97. The van der Waals surface area contributed by atoms with Crippen LogP contribution in [0.15, 0.2) is 16.5 Å². The number of hydrogen-bond acceptors (Lipinski definition) is 3. The molecule has 1 rings (SSSR count). The van der Waals surface area contributed by atoms with Crippen LogP contribution >= 0.6 is 0 Å². The minimum Gasteiger partial charge on any atom is -0.407 e. The van der Waals surface area contributed by atoms with Crippen molar-refractivity contribution in [3.8, 4) is 0 Å². The third kappa shape index (κ3) is 1.18. The first-order valence-corrected chi connectivity index (χ1v) is 2.97. The highest BCUT2D eigenvalue weighted by Crippen LogP contribution is 2.14. The van der Waals surface area contributed by atoms with Crippen molar-refractivity contribution in [2.24, 2.45) is 0 Å². The van der Waals surface area contributed by atoms with Crippen LogP contribution in [0.25, 0.3) is 0 Å². The minimum absolute atomic E-state index is 0.183. The Kier molecular flexibility index (Phi) is 1.75. The molecule has 0 amide bonds. The number of nitrogens with zero attached hydrogens (tertiary/aromatic N) is 1. The van der Waals surface area contributed by atoms with Crippen LogP contribution in [0.1, 0.15) is 5.76 Å². The molecule has 0 aliphatic rings. The van der Waals surface area contributed by atoms with E-state index in [4.69, 9.17) is 4.42 Å². The predicted molar refractivity (Wildman–Crippen MR) is 37.6 cm³/mol. The van der Waals surface area contributed by atoms with Gasteiger partial charge in [-0.3, -0.25) is 10.1 Å². The van der Waals surface area contributed by atoms with Crippen LogP contribution in [-0.4, -0.2) is 12.8 Å². The zero-order valence-electron chi connectivity index (χ0n) is 5.53. The van der Waals surface area contributed by atoms with E-state index >= 15 is 0 Å². The third-order valence-electron chi connectivity index (χ3n) is 1.18. The van der Waals surface area contributed by atoms with Crippen LogP contribution in [0.4, 0.5) is 5.88 Å². The van der Waals surface area contributed by atoms with Crippen molar-refractivity contribution in [3.63, 3.8) is 0 Å². The molecule has 1 aromatic heterocycles. The highest BCUT2D eigenvalue weighted by molar-refractivity contribution is 6.08. The van der Waals surface area contributed by atoms with Gasteiger partial charge in [-0.15, -0.1) is 0 Å². The molecule has 0 bridgehead atoms. The van der Waals surface area contributed by atoms with Gasteiger partial charge in [0.05, 0.1) is 6.07 Å². The molecular formula is C5H6BNO3. The molecular weight excluding hydrogens is 133 g/mol. The van der Waals surface area contributed by atoms with E-state index in [1.807, 2.05) is 7.85 Å². The van der Waals surface area contributed by atoms with Crippen LogP contribution in [0.3, 0.4) is 0 Å². The van der Waals surface area contributed by atoms with Gasteiger partial charge in [-0.05, 0) is 12.4 Å². The van der Waals surface area contributed by atoms with Gasteiger partial charge < -0.3 is 4.42 Å². The summed E-state index contributed by atoms with van der Waals surface area (Å²) in [6.07, 6.45) is 0.688. The van der Waals surface area contributed by atoms with Crippen molar-refractivity contribution in [1.29, 1.82) is 0 Å². The molecule has 5 heteroatoms. The number of nitro groups is 1. The van der Waals surface area contributed by atoms with E-state index in [1.165, 1.54) is 6.07 Å². The van der Waals surface area contributed by atoms with Crippen molar-refractivity contribution in [1.82, 2.24) is 0 Å².